The van der Waals surface area contributed by atoms with Gasteiger partial charge in [-0.15, -0.1) is 0 Å². The summed E-state index contributed by atoms with van der Waals surface area (Å²) in [6.07, 6.45) is 1.31. The van der Waals surface area contributed by atoms with Gasteiger partial charge in [-0.25, -0.2) is 0 Å². The predicted octanol–water partition coefficient (Wildman–Crippen LogP) is 4.85. The maximum Gasteiger partial charge on any atom is 0.261 e. The number of methoxy groups -OCH3 is 1. The van der Waals surface area contributed by atoms with Crippen molar-refractivity contribution in [2.24, 2.45) is 0 Å². The summed E-state index contributed by atoms with van der Waals surface area (Å²) in [6, 6.07) is 8.90. The molecule has 2 rings (SSSR count). The van der Waals surface area contributed by atoms with Crippen molar-refractivity contribution in [1.82, 2.24) is 0 Å². The van der Waals surface area contributed by atoms with Crippen LogP contribution in [0.4, 0.5) is 5.69 Å². The molecule has 146 valence electrons. The van der Waals surface area contributed by atoms with E-state index in [9.17, 15) is 4.79 Å². The number of aliphatic hydroxyl groups excluding tert-OH is 1. The highest BCUT2D eigenvalue weighted by molar-refractivity contribution is 9.10. The first-order valence-corrected chi connectivity index (χ1v) is 9.72. The number of carbonyl (C=O) groups excluding carboxylic acids is 1. The molecule has 7 heteroatoms. The molecule has 0 atom stereocenters. The van der Waals surface area contributed by atoms with E-state index < -0.39 is 0 Å². The van der Waals surface area contributed by atoms with Crippen LogP contribution in [-0.2, 0) is 0 Å². The summed E-state index contributed by atoms with van der Waals surface area (Å²) in [5.41, 5.74) is 2.01. The molecule has 0 aliphatic rings. The number of aliphatic hydroxyl groups is 1. The number of amides is 1. The Morgan fingerprint density at radius 1 is 1.26 bits per heavy atom. The van der Waals surface area contributed by atoms with Gasteiger partial charge in [-0.3, -0.25) is 4.79 Å². The van der Waals surface area contributed by atoms with E-state index in [0.717, 1.165) is 5.56 Å². The van der Waals surface area contributed by atoms with Crippen LogP contribution in [0.1, 0.15) is 28.8 Å². The average Bonchev–Trinajstić information content (AvgIpc) is 2.66. The number of hydrogen-bond acceptors (Lipinski definition) is 4. The summed E-state index contributed by atoms with van der Waals surface area (Å²) in [5.74, 6) is 0.784. The lowest BCUT2D eigenvalue weighted by atomic mass is 10.1. The molecule has 0 heterocycles. The molecule has 0 saturated carbocycles. The molecule has 2 aromatic carbocycles. The number of aryl methyl sites for hydroxylation is 1. The standard InChI is InChI=1S/C20H23BrClNO4/c1-13-7-6-8-17(26-3)19(13)23(2)20(25)14-11-15(21)16(22)12-18(14)27-10-5-4-9-24/h6-8,11-12,24H,4-5,9-10H2,1-3H3. The van der Waals surface area contributed by atoms with Gasteiger partial charge in [0.25, 0.3) is 5.91 Å². The van der Waals surface area contributed by atoms with Crippen molar-refractivity contribution >= 4 is 39.1 Å². The summed E-state index contributed by atoms with van der Waals surface area (Å²) in [5, 5.41) is 9.36. The monoisotopic (exact) mass is 455 g/mol. The minimum atomic E-state index is -0.239. The summed E-state index contributed by atoms with van der Waals surface area (Å²) in [4.78, 5) is 14.8. The highest BCUT2D eigenvalue weighted by Gasteiger charge is 2.23. The average molecular weight is 457 g/mol. The Hall–Kier alpha value is -1.76. The van der Waals surface area contributed by atoms with E-state index in [-0.39, 0.29) is 12.5 Å². The molecular formula is C20H23BrClNO4. The number of hydrogen-bond donors (Lipinski definition) is 1. The van der Waals surface area contributed by atoms with E-state index in [1.54, 1.807) is 31.2 Å². The van der Waals surface area contributed by atoms with Gasteiger partial charge >= 0.3 is 0 Å². The van der Waals surface area contributed by atoms with Crippen LogP contribution in [0.5, 0.6) is 11.5 Å². The lowest BCUT2D eigenvalue weighted by Gasteiger charge is -2.23. The van der Waals surface area contributed by atoms with Crippen LogP contribution in [0.2, 0.25) is 5.02 Å². The van der Waals surface area contributed by atoms with Gasteiger partial charge in [-0.2, -0.15) is 0 Å². The van der Waals surface area contributed by atoms with Crippen molar-refractivity contribution in [2.45, 2.75) is 19.8 Å². The Labute approximate surface area is 173 Å². The fourth-order valence-electron chi connectivity index (χ4n) is 2.72. The van der Waals surface area contributed by atoms with Crippen molar-refractivity contribution < 1.29 is 19.4 Å². The Kier molecular flexibility index (Phi) is 7.95. The number of rotatable bonds is 8. The normalized spacial score (nSPS) is 10.6. The molecule has 0 bridgehead atoms. The molecule has 0 spiro atoms. The Balaban J connectivity index is 2.38. The zero-order valence-corrected chi connectivity index (χ0v) is 17.9. The third-order valence-corrected chi connectivity index (χ3v) is 5.32. The predicted molar refractivity (Wildman–Crippen MR) is 111 cm³/mol. The van der Waals surface area contributed by atoms with Gasteiger partial charge in [0.15, 0.2) is 0 Å². The second-order valence-electron chi connectivity index (χ2n) is 6.03. The fourth-order valence-corrected chi connectivity index (χ4v) is 3.22. The quantitative estimate of drug-likeness (QED) is 0.577. The number of nitrogens with zero attached hydrogens (tertiary/aromatic N) is 1. The van der Waals surface area contributed by atoms with Gasteiger partial charge in [-0.05, 0) is 53.4 Å². The smallest absolute Gasteiger partial charge is 0.261 e. The minimum absolute atomic E-state index is 0.103. The number of ether oxygens (including phenoxy) is 2. The lowest BCUT2D eigenvalue weighted by Crippen LogP contribution is -2.28. The van der Waals surface area contributed by atoms with Crippen LogP contribution in [0.25, 0.3) is 0 Å². The first-order valence-electron chi connectivity index (χ1n) is 8.55. The maximum atomic E-state index is 13.2. The molecule has 27 heavy (non-hydrogen) atoms. The van der Waals surface area contributed by atoms with E-state index in [1.807, 2.05) is 25.1 Å². The van der Waals surface area contributed by atoms with Crippen LogP contribution in [0.15, 0.2) is 34.8 Å². The van der Waals surface area contributed by atoms with E-state index >= 15 is 0 Å². The third-order valence-electron chi connectivity index (χ3n) is 4.12. The molecule has 0 radical (unpaired) electrons. The molecule has 0 saturated heterocycles. The third kappa shape index (κ3) is 5.15. The SMILES string of the molecule is COc1cccc(C)c1N(C)C(=O)c1cc(Br)c(Cl)cc1OCCCCO. The van der Waals surface area contributed by atoms with Gasteiger partial charge < -0.3 is 19.5 Å². The summed E-state index contributed by atoms with van der Waals surface area (Å²) >= 11 is 9.56. The van der Waals surface area contributed by atoms with Crippen LogP contribution >= 0.6 is 27.5 Å². The molecule has 0 unspecified atom stereocenters. The van der Waals surface area contributed by atoms with Crippen LogP contribution in [0, 0.1) is 6.92 Å². The molecule has 0 aromatic heterocycles. The highest BCUT2D eigenvalue weighted by Crippen LogP contribution is 2.35. The second-order valence-corrected chi connectivity index (χ2v) is 7.29. The molecule has 0 aliphatic heterocycles. The largest absolute Gasteiger partial charge is 0.495 e. The van der Waals surface area contributed by atoms with Gasteiger partial charge in [0, 0.05) is 24.2 Å². The Morgan fingerprint density at radius 3 is 2.67 bits per heavy atom. The van der Waals surface area contributed by atoms with Crippen LogP contribution in [-0.4, -0.2) is 38.4 Å². The first kappa shape index (κ1) is 21.5. The van der Waals surface area contributed by atoms with E-state index in [0.29, 0.717) is 51.7 Å². The highest BCUT2D eigenvalue weighted by atomic mass is 79.9. The Bertz CT molecular complexity index is 813. The molecule has 2 aromatic rings. The minimum Gasteiger partial charge on any atom is -0.495 e. The zero-order valence-electron chi connectivity index (χ0n) is 15.6. The summed E-state index contributed by atoms with van der Waals surface area (Å²) < 4.78 is 11.8. The number of benzene rings is 2. The summed E-state index contributed by atoms with van der Waals surface area (Å²) in [6.45, 7) is 2.41. The fraction of sp³-hybridized carbons (Fsp3) is 0.350. The summed E-state index contributed by atoms with van der Waals surface area (Å²) in [7, 11) is 3.27. The van der Waals surface area contributed by atoms with E-state index in [4.69, 9.17) is 26.2 Å². The van der Waals surface area contributed by atoms with Crippen molar-refractivity contribution in [2.75, 3.05) is 32.3 Å². The van der Waals surface area contributed by atoms with Crippen LogP contribution in [0.3, 0.4) is 0 Å². The van der Waals surface area contributed by atoms with Gasteiger partial charge in [0.2, 0.25) is 0 Å². The maximum absolute atomic E-state index is 13.2. The van der Waals surface area contributed by atoms with Crippen molar-refractivity contribution in [3.8, 4) is 11.5 Å². The van der Waals surface area contributed by atoms with Gasteiger partial charge in [0.1, 0.15) is 11.5 Å². The van der Waals surface area contributed by atoms with Gasteiger partial charge in [-0.1, -0.05) is 23.7 Å². The topological polar surface area (TPSA) is 59.0 Å². The van der Waals surface area contributed by atoms with Crippen molar-refractivity contribution in [1.29, 1.82) is 0 Å². The number of anilines is 1. The van der Waals surface area contributed by atoms with E-state index in [2.05, 4.69) is 15.9 Å². The zero-order chi connectivity index (χ0) is 20.0. The molecule has 1 amide bonds. The molecular weight excluding hydrogens is 434 g/mol. The first-order chi connectivity index (χ1) is 12.9. The molecule has 5 nitrogen and oxygen atoms in total. The number of unbranched alkanes of at least 4 members (excludes halogenated alkanes) is 1. The lowest BCUT2D eigenvalue weighted by molar-refractivity contribution is 0.0988. The van der Waals surface area contributed by atoms with E-state index in [1.165, 1.54) is 0 Å². The van der Waals surface area contributed by atoms with Crippen LogP contribution < -0.4 is 14.4 Å². The second kappa shape index (κ2) is 9.97. The van der Waals surface area contributed by atoms with Crippen molar-refractivity contribution in [3.63, 3.8) is 0 Å². The Morgan fingerprint density at radius 2 is 2.00 bits per heavy atom. The molecule has 1 N–H and O–H groups in total. The molecule has 0 fully saturated rings. The van der Waals surface area contributed by atoms with Crippen molar-refractivity contribution in [3.05, 3.63) is 51.0 Å². The number of para-hydroxylation sites is 1. The number of carbonyl (C=O) groups is 1. The van der Waals surface area contributed by atoms with Gasteiger partial charge in [0.05, 0.1) is 30.0 Å². The number of halogens is 2. The molecule has 0 aliphatic carbocycles.